The Morgan fingerprint density at radius 3 is 1.17 bits per heavy atom. The van der Waals surface area contributed by atoms with Gasteiger partial charge in [0.25, 0.3) is 0 Å². The van der Waals surface area contributed by atoms with Gasteiger partial charge in [-0.25, -0.2) is 0 Å². The van der Waals surface area contributed by atoms with Crippen LogP contribution in [0, 0.1) is 0 Å². The van der Waals surface area contributed by atoms with Crippen LogP contribution in [0.25, 0.3) is 0 Å². The summed E-state index contributed by atoms with van der Waals surface area (Å²) in [5.74, 6) is 0. The Bertz CT molecular complexity index is 460. The Hall–Kier alpha value is -1.14. The molecule has 0 fully saturated rings. The minimum absolute atomic E-state index is 0.289. The van der Waals surface area contributed by atoms with Gasteiger partial charge in [0.15, 0.2) is 20.6 Å². The summed E-state index contributed by atoms with van der Waals surface area (Å²) < 4.78 is 51.6. The highest BCUT2D eigenvalue weighted by Crippen LogP contribution is 2.35. The van der Waals surface area contributed by atoms with Gasteiger partial charge in [-0.1, -0.05) is 12.2 Å². The Morgan fingerprint density at radius 1 is 0.611 bits per heavy atom. The van der Waals surface area contributed by atoms with E-state index in [0.29, 0.717) is 23.5 Å². The molecule has 0 amide bonds. The maximum Gasteiger partial charge on any atom is 0.164 e. The first kappa shape index (κ1) is 13.3. The van der Waals surface area contributed by atoms with Crippen LogP contribution in [0.4, 0.5) is 17.6 Å². The van der Waals surface area contributed by atoms with E-state index in [4.69, 9.17) is 0 Å². The van der Waals surface area contributed by atoms with E-state index in [1.165, 1.54) is 12.2 Å². The van der Waals surface area contributed by atoms with Gasteiger partial charge in [0, 0.05) is 0 Å². The summed E-state index contributed by atoms with van der Waals surface area (Å²) in [5.41, 5.74) is 0.578. The van der Waals surface area contributed by atoms with Gasteiger partial charge < -0.3 is 0 Å². The van der Waals surface area contributed by atoms with Gasteiger partial charge in [0.1, 0.15) is 0 Å². The molecular formula is C12H6F4S2. The lowest BCUT2D eigenvalue weighted by atomic mass is 10.2. The van der Waals surface area contributed by atoms with Crippen LogP contribution in [-0.4, -0.2) is 0 Å². The summed E-state index contributed by atoms with van der Waals surface area (Å²) >= 11 is 0.775. The zero-order valence-corrected chi connectivity index (χ0v) is 10.4. The van der Waals surface area contributed by atoms with E-state index < -0.39 is 20.6 Å². The second-order valence-corrected chi connectivity index (χ2v) is 5.30. The predicted molar refractivity (Wildman–Crippen MR) is 68.1 cm³/mol. The second-order valence-electron chi connectivity index (χ2n) is 3.33. The largest absolute Gasteiger partial charge is 0.199 e. The molecule has 0 atom stereocenters. The van der Waals surface area contributed by atoms with E-state index in [-0.39, 0.29) is 11.1 Å². The second kappa shape index (κ2) is 5.67. The number of halogens is 4. The Kier molecular flexibility index (Phi) is 4.19. The molecule has 0 aliphatic carbocycles. The summed E-state index contributed by atoms with van der Waals surface area (Å²) in [6, 6.07) is 0. The number of hydrogen-bond acceptors (Lipinski definition) is 2. The van der Waals surface area contributed by atoms with Gasteiger partial charge in [0.05, 0.1) is 0 Å². The van der Waals surface area contributed by atoms with E-state index in [0.717, 1.165) is 24.3 Å². The highest BCUT2D eigenvalue weighted by molar-refractivity contribution is 8.06. The Morgan fingerprint density at radius 2 is 0.889 bits per heavy atom. The van der Waals surface area contributed by atoms with Crippen molar-refractivity contribution in [1.29, 1.82) is 0 Å². The number of hydrogen-bond donors (Lipinski definition) is 0. The molecule has 2 heterocycles. The number of rotatable bonds is 1. The van der Waals surface area contributed by atoms with Gasteiger partial charge in [0.2, 0.25) is 0 Å². The van der Waals surface area contributed by atoms with Crippen LogP contribution in [0.2, 0.25) is 0 Å². The van der Waals surface area contributed by atoms with Crippen molar-refractivity contribution in [1.82, 2.24) is 0 Å². The smallest absolute Gasteiger partial charge is 0.164 e. The van der Waals surface area contributed by atoms with E-state index in [2.05, 4.69) is 0 Å². The topological polar surface area (TPSA) is 0 Å². The first-order chi connectivity index (χ1) is 8.52. The molecule has 0 unspecified atom stereocenters. The van der Waals surface area contributed by atoms with E-state index in [9.17, 15) is 17.6 Å². The molecule has 0 N–H and O–H groups in total. The van der Waals surface area contributed by atoms with Crippen molar-refractivity contribution in [3.8, 4) is 0 Å². The zero-order chi connectivity index (χ0) is 13.1. The minimum atomic E-state index is -0.665. The van der Waals surface area contributed by atoms with E-state index in [1.807, 2.05) is 0 Å². The number of thioether (sulfide) groups is 2. The van der Waals surface area contributed by atoms with E-state index >= 15 is 0 Å². The molecular weight excluding hydrogens is 284 g/mol. The summed E-state index contributed by atoms with van der Waals surface area (Å²) in [4.78, 5) is 0. The molecule has 0 spiro atoms. The SMILES string of the molecule is FC1=CC(=CC=C2C=C(F)SC(F)=C2)C=C(F)S1. The lowest BCUT2D eigenvalue weighted by Crippen LogP contribution is -1.84. The van der Waals surface area contributed by atoms with Crippen LogP contribution < -0.4 is 0 Å². The van der Waals surface area contributed by atoms with Crippen molar-refractivity contribution in [2.24, 2.45) is 0 Å². The van der Waals surface area contributed by atoms with Gasteiger partial charge in [-0.05, 0) is 59.0 Å². The van der Waals surface area contributed by atoms with Crippen molar-refractivity contribution in [3.05, 3.63) is 68.2 Å². The molecule has 2 aliphatic heterocycles. The molecule has 0 saturated heterocycles. The van der Waals surface area contributed by atoms with Crippen molar-refractivity contribution < 1.29 is 17.6 Å². The minimum Gasteiger partial charge on any atom is -0.199 e. The van der Waals surface area contributed by atoms with Crippen molar-refractivity contribution in [2.45, 2.75) is 0 Å². The van der Waals surface area contributed by atoms with Crippen LogP contribution in [0.15, 0.2) is 68.2 Å². The molecule has 94 valence electrons. The lowest BCUT2D eigenvalue weighted by Gasteiger charge is -2.05. The molecule has 6 heteroatoms. The Balaban J connectivity index is 2.24. The molecule has 0 nitrogen and oxygen atoms in total. The van der Waals surface area contributed by atoms with Gasteiger partial charge in [-0.15, -0.1) is 0 Å². The molecule has 0 saturated carbocycles. The van der Waals surface area contributed by atoms with Crippen molar-refractivity contribution in [2.75, 3.05) is 0 Å². The normalized spacial score (nSPS) is 19.8. The first-order valence-corrected chi connectivity index (χ1v) is 6.43. The summed E-state index contributed by atoms with van der Waals surface area (Å²) in [6.07, 6.45) is 7.34. The molecule has 0 aromatic heterocycles. The zero-order valence-electron chi connectivity index (χ0n) is 8.79. The fourth-order valence-corrected chi connectivity index (χ4v) is 2.45. The van der Waals surface area contributed by atoms with Crippen LogP contribution in [0.5, 0.6) is 0 Å². The average molecular weight is 290 g/mol. The van der Waals surface area contributed by atoms with Crippen LogP contribution >= 0.6 is 23.5 Å². The third-order valence-corrected chi connectivity index (χ3v) is 3.23. The first-order valence-electron chi connectivity index (χ1n) is 4.79. The third-order valence-electron chi connectivity index (χ3n) is 1.98. The van der Waals surface area contributed by atoms with Gasteiger partial charge in [-0.2, -0.15) is 17.6 Å². The molecule has 0 aromatic carbocycles. The van der Waals surface area contributed by atoms with Gasteiger partial charge >= 0.3 is 0 Å². The highest BCUT2D eigenvalue weighted by Gasteiger charge is 2.11. The fourth-order valence-electron chi connectivity index (χ4n) is 1.30. The highest BCUT2D eigenvalue weighted by atomic mass is 32.2. The average Bonchev–Trinajstić information content (AvgIpc) is 2.23. The molecule has 0 aromatic rings. The predicted octanol–water partition coefficient (Wildman–Crippen LogP) is 5.58. The standard InChI is InChI=1S/C12H6F4S2/c13-9-3-7(4-10(14)17-9)1-2-8-5-11(15)18-12(16)6-8/h1-6H. The van der Waals surface area contributed by atoms with Crippen molar-refractivity contribution >= 4 is 23.5 Å². The third kappa shape index (κ3) is 3.68. The summed E-state index contributed by atoms with van der Waals surface area (Å²) in [6.45, 7) is 0. The van der Waals surface area contributed by atoms with Crippen LogP contribution in [0.3, 0.4) is 0 Å². The molecule has 0 radical (unpaired) electrons. The quantitative estimate of drug-likeness (QED) is 0.578. The van der Waals surface area contributed by atoms with Gasteiger partial charge in [-0.3, -0.25) is 0 Å². The molecule has 2 rings (SSSR count). The monoisotopic (exact) mass is 290 g/mol. The maximum atomic E-state index is 12.9. The molecule has 0 bridgehead atoms. The summed E-state index contributed by atoms with van der Waals surface area (Å²) in [7, 11) is 0. The fraction of sp³-hybridized carbons (Fsp3) is 0. The number of allylic oxidation sites excluding steroid dienone is 8. The lowest BCUT2D eigenvalue weighted by molar-refractivity contribution is 0.674. The van der Waals surface area contributed by atoms with E-state index in [1.54, 1.807) is 0 Å². The summed E-state index contributed by atoms with van der Waals surface area (Å²) in [5, 5.41) is -2.66. The Labute approximate surface area is 110 Å². The molecule has 18 heavy (non-hydrogen) atoms. The van der Waals surface area contributed by atoms with Crippen molar-refractivity contribution in [3.63, 3.8) is 0 Å². The molecule has 2 aliphatic rings. The van der Waals surface area contributed by atoms with Crippen LogP contribution in [-0.2, 0) is 0 Å². The maximum absolute atomic E-state index is 12.9. The van der Waals surface area contributed by atoms with Crippen LogP contribution in [0.1, 0.15) is 0 Å².